The lowest BCUT2D eigenvalue weighted by molar-refractivity contribution is -0.349. The monoisotopic (exact) mass is 466 g/mol. The number of ketones is 1. The Labute approximate surface area is 179 Å². The first-order valence-electron chi connectivity index (χ1n) is 10.4. The Kier molecular flexibility index (Phi) is 5.17. The summed E-state index contributed by atoms with van der Waals surface area (Å²) in [6.07, 6.45) is 0.141. The molecule has 4 rings (SSSR count). The predicted molar refractivity (Wildman–Crippen MR) is 97.9 cm³/mol. The topological polar surface area (TPSA) is 43.4 Å². The Bertz CT molecular complexity index is 944. The molecule has 32 heavy (non-hydrogen) atoms. The fourth-order valence-corrected chi connectivity index (χ4v) is 5.67. The quantitative estimate of drug-likeness (QED) is 0.395. The van der Waals surface area contributed by atoms with Crippen LogP contribution >= 0.6 is 0 Å². The number of halogens is 7. The summed E-state index contributed by atoms with van der Waals surface area (Å²) in [5, 5.41) is 0. The van der Waals surface area contributed by atoms with Gasteiger partial charge in [-0.3, -0.25) is 4.79 Å². The van der Waals surface area contributed by atoms with Crippen molar-refractivity contribution in [1.82, 2.24) is 0 Å². The Morgan fingerprint density at radius 2 is 1.72 bits per heavy atom. The minimum Gasteiger partial charge on any atom is -0.457 e. The molecule has 0 bridgehead atoms. The van der Waals surface area contributed by atoms with Crippen LogP contribution in [-0.4, -0.2) is 35.9 Å². The van der Waals surface area contributed by atoms with Crippen molar-refractivity contribution in [2.24, 2.45) is 17.3 Å². The number of carbonyl (C=O) groups is 2. The second-order valence-corrected chi connectivity index (χ2v) is 9.14. The van der Waals surface area contributed by atoms with E-state index >= 15 is 0 Å². The van der Waals surface area contributed by atoms with Gasteiger partial charge in [0, 0.05) is 11.8 Å². The van der Waals surface area contributed by atoms with Gasteiger partial charge in [-0.2, -0.15) is 30.7 Å². The van der Waals surface area contributed by atoms with Crippen molar-refractivity contribution in [3.05, 3.63) is 34.9 Å². The van der Waals surface area contributed by atoms with Crippen molar-refractivity contribution in [3.63, 3.8) is 0 Å². The summed E-state index contributed by atoms with van der Waals surface area (Å²) in [7, 11) is 0. The third kappa shape index (κ3) is 3.23. The van der Waals surface area contributed by atoms with Gasteiger partial charge >= 0.3 is 24.0 Å². The number of alkyl halides is 7. The second-order valence-electron chi connectivity index (χ2n) is 9.14. The molecule has 0 N–H and O–H groups in total. The van der Waals surface area contributed by atoms with E-state index in [4.69, 9.17) is 0 Å². The first-order valence-corrected chi connectivity index (χ1v) is 10.4. The van der Waals surface area contributed by atoms with Gasteiger partial charge in [0.1, 0.15) is 6.10 Å². The SMILES string of the molecule is C[C@]12C=CC3=C4CCC(=O)C=C4CCC3C1CC[C@@H]2OC(=O)C(F)(F)C(F)(F)C(F)(F)F. The summed E-state index contributed by atoms with van der Waals surface area (Å²) >= 11 is 0. The molecule has 0 aliphatic heterocycles. The number of hydrogen-bond acceptors (Lipinski definition) is 3. The summed E-state index contributed by atoms with van der Waals surface area (Å²) in [6.45, 7) is 1.65. The van der Waals surface area contributed by atoms with Crippen LogP contribution in [0.2, 0.25) is 0 Å². The van der Waals surface area contributed by atoms with Gasteiger partial charge < -0.3 is 4.74 Å². The standard InChI is InChI=1S/C22H21F7O3/c1-19-9-8-14-13-5-3-12(30)10-11(13)2-4-15(14)16(19)6-7-17(19)32-18(31)20(23,24)21(25,26)22(27,28)29/h8-10,15-17H,2-7H2,1H3/t15?,16?,17-,19-/m0/s1. The molecular weight excluding hydrogens is 445 g/mol. The maximum Gasteiger partial charge on any atom is 0.460 e. The number of ether oxygens (including phenoxy) is 1. The zero-order valence-electron chi connectivity index (χ0n) is 17.1. The fraction of sp³-hybridized carbons (Fsp3) is 0.636. The smallest absolute Gasteiger partial charge is 0.457 e. The molecule has 0 heterocycles. The van der Waals surface area contributed by atoms with Gasteiger partial charge in [0.05, 0.1) is 0 Å². The molecule has 4 aliphatic carbocycles. The molecule has 0 amide bonds. The van der Waals surface area contributed by atoms with Gasteiger partial charge in [-0.05, 0) is 66.7 Å². The van der Waals surface area contributed by atoms with E-state index in [1.807, 2.05) is 0 Å². The van der Waals surface area contributed by atoms with Crippen LogP contribution in [-0.2, 0) is 14.3 Å². The summed E-state index contributed by atoms with van der Waals surface area (Å²) < 4.78 is 95.9. The maximum absolute atomic E-state index is 13.8. The van der Waals surface area contributed by atoms with E-state index in [-0.39, 0.29) is 24.0 Å². The molecule has 0 spiro atoms. The molecule has 10 heteroatoms. The predicted octanol–water partition coefficient (Wildman–Crippen LogP) is 5.71. The van der Waals surface area contributed by atoms with Crippen LogP contribution in [0.5, 0.6) is 0 Å². The van der Waals surface area contributed by atoms with E-state index in [1.54, 1.807) is 25.2 Å². The number of hydrogen-bond donors (Lipinski definition) is 0. The minimum absolute atomic E-state index is 0.00572. The molecule has 2 unspecified atom stereocenters. The van der Waals surface area contributed by atoms with Gasteiger partial charge in [0.15, 0.2) is 5.78 Å². The van der Waals surface area contributed by atoms with Gasteiger partial charge in [-0.15, -0.1) is 0 Å². The van der Waals surface area contributed by atoms with Crippen molar-refractivity contribution in [2.75, 3.05) is 0 Å². The molecule has 4 aliphatic rings. The van der Waals surface area contributed by atoms with E-state index in [2.05, 4.69) is 4.74 Å². The van der Waals surface area contributed by atoms with Gasteiger partial charge in [-0.1, -0.05) is 19.1 Å². The Morgan fingerprint density at radius 3 is 2.38 bits per heavy atom. The van der Waals surface area contributed by atoms with Crippen LogP contribution in [0.3, 0.4) is 0 Å². The summed E-state index contributed by atoms with van der Waals surface area (Å²) in [4.78, 5) is 23.5. The zero-order valence-corrected chi connectivity index (χ0v) is 17.1. The third-order valence-corrected chi connectivity index (χ3v) is 7.41. The lowest BCUT2D eigenvalue weighted by Crippen LogP contribution is -2.57. The highest BCUT2D eigenvalue weighted by atomic mass is 19.4. The highest BCUT2D eigenvalue weighted by molar-refractivity contribution is 5.93. The normalized spacial score (nSPS) is 32.8. The molecular formula is C22H21F7O3. The van der Waals surface area contributed by atoms with E-state index in [0.717, 1.165) is 16.7 Å². The van der Waals surface area contributed by atoms with Crippen molar-refractivity contribution in [1.29, 1.82) is 0 Å². The van der Waals surface area contributed by atoms with Gasteiger partial charge in [-0.25, -0.2) is 4.79 Å². The highest BCUT2D eigenvalue weighted by Crippen LogP contribution is 2.58. The van der Waals surface area contributed by atoms with Crippen molar-refractivity contribution < 1.29 is 45.1 Å². The zero-order chi connectivity index (χ0) is 23.7. The highest BCUT2D eigenvalue weighted by Gasteiger charge is 2.77. The summed E-state index contributed by atoms with van der Waals surface area (Å²) in [6, 6.07) is 0. The summed E-state index contributed by atoms with van der Waals surface area (Å²) in [5.41, 5.74) is 2.13. The van der Waals surface area contributed by atoms with E-state index < -0.39 is 35.5 Å². The van der Waals surface area contributed by atoms with E-state index in [1.165, 1.54) is 0 Å². The Hall–Kier alpha value is -2.13. The van der Waals surface area contributed by atoms with Crippen LogP contribution in [0.25, 0.3) is 0 Å². The molecule has 0 aromatic rings. The average molecular weight is 466 g/mol. The number of rotatable bonds is 3. The Morgan fingerprint density at radius 1 is 1.03 bits per heavy atom. The van der Waals surface area contributed by atoms with Crippen LogP contribution in [0.4, 0.5) is 30.7 Å². The van der Waals surface area contributed by atoms with Crippen LogP contribution in [0, 0.1) is 17.3 Å². The lowest BCUT2D eigenvalue weighted by Gasteiger charge is -2.45. The van der Waals surface area contributed by atoms with E-state index in [0.29, 0.717) is 32.1 Å². The lowest BCUT2D eigenvalue weighted by atomic mass is 9.60. The molecule has 0 saturated heterocycles. The summed E-state index contributed by atoms with van der Waals surface area (Å²) in [5.74, 6) is -15.5. The molecule has 1 saturated carbocycles. The van der Waals surface area contributed by atoms with Crippen LogP contribution < -0.4 is 0 Å². The van der Waals surface area contributed by atoms with Crippen molar-refractivity contribution >= 4 is 11.8 Å². The maximum atomic E-state index is 13.8. The first kappa shape index (κ1) is 23.0. The molecule has 0 aromatic heterocycles. The number of fused-ring (bicyclic) bond motifs is 4. The van der Waals surface area contributed by atoms with E-state index in [9.17, 15) is 40.3 Å². The molecule has 0 radical (unpaired) electrons. The number of allylic oxidation sites excluding steroid dienone is 5. The van der Waals surface area contributed by atoms with Gasteiger partial charge in [0.2, 0.25) is 0 Å². The molecule has 1 fully saturated rings. The molecule has 4 atom stereocenters. The first-order chi connectivity index (χ1) is 14.7. The third-order valence-electron chi connectivity index (χ3n) is 7.41. The molecule has 176 valence electrons. The fourth-order valence-electron chi connectivity index (χ4n) is 5.67. The minimum atomic E-state index is -6.60. The van der Waals surface area contributed by atoms with Crippen molar-refractivity contribution in [3.8, 4) is 0 Å². The van der Waals surface area contributed by atoms with Crippen LogP contribution in [0.15, 0.2) is 34.9 Å². The van der Waals surface area contributed by atoms with Gasteiger partial charge in [0.25, 0.3) is 0 Å². The van der Waals surface area contributed by atoms with Crippen LogP contribution in [0.1, 0.15) is 45.4 Å². The number of esters is 1. The molecule has 0 aromatic carbocycles. The second kappa shape index (κ2) is 7.18. The number of carbonyl (C=O) groups excluding carboxylic acids is 2. The average Bonchev–Trinajstić information content (AvgIpc) is 3.02. The molecule has 3 nitrogen and oxygen atoms in total. The Balaban J connectivity index is 1.60. The largest absolute Gasteiger partial charge is 0.460 e. The van der Waals surface area contributed by atoms with Crippen molar-refractivity contribution in [2.45, 2.75) is 69.6 Å².